The molecule has 0 amide bonds. The highest BCUT2D eigenvalue weighted by atomic mass is 16.5. The molecule has 5 heteroatoms. The van der Waals surface area contributed by atoms with Crippen LogP contribution in [0.4, 0.5) is 0 Å². The van der Waals surface area contributed by atoms with Crippen LogP contribution in [0.5, 0.6) is 0 Å². The van der Waals surface area contributed by atoms with Gasteiger partial charge in [-0.15, -0.1) is 0 Å². The first-order valence-electron chi connectivity index (χ1n) is 4.93. The van der Waals surface area contributed by atoms with E-state index in [0.717, 1.165) is 5.57 Å². The van der Waals surface area contributed by atoms with E-state index >= 15 is 0 Å². The summed E-state index contributed by atoms with van der Waals surface area (Å²) < 4.78 is 5.25. The van der Waals surface area contributed by atoms with E-state index in [1.807, 2.05) is 13.8 Å². The Kier molecular flexibility index (Phi) is 4.24. The molecule has 0 spiro atoms. The molecule has 0 aliphatic carbocycles. The van der Waals surface area contributed by atoms with Gasteiger partial charge in [-0.1, -0.05) is 11.6 Å². The Hall–Kier alpha value is -0.460. The van der Waals surface area contributed by atoms with Gasteiger partial charge in [-0.05, 0) is 13.8 Å². The first kappa shape index (κ1) is 12.6. The fourth-order valence-corrected chi connectivity index (χ4v) is 1.60. The topological polar surface area (TPSA) is 90.2 Å². The van der Waals surface area contributed by atoms with Gasteiger partial charge in [0.1, 0.15) is 30.5 Å². The molecule has 5 unspecified atom stereocenters. The third kappa shape index (κ3) is 2.76. The number of hydrogen-bond acceptors (Lipinski definition) is 5. The molecule has 5 nitrogen and oxygen atoms in total. The summed E-state index contributed by atoms with van der Waals surface area (Å²) >= 11 is 0. The Morgan fingerprint density at radius 2 is 1.73 bits per heavy atom. The lowest BCUT2D eigenvalue weighted by atomic mass is 9.94. The van der Waals surface area contributed by atoms with Gasteiger partial charge in [-0.3, -0.25) is 0 Å². The predicted molar refractivity (Wildman–Crippen MR) is 53.2 cm³/mol. The zero-order chi connectivity index (χ0) is 11.6. The summed E-state index contributed by atoms with van der Waals surface area (Å²) in [6.45, 7) is 3.28. The minimum Gasteiger partial charge on any atom is -0.394 e. The first-order valence-corrected chi connectivity index (χ1v) is 4.93. The molecule has 5 atom stereocenters. The van der Waals surface area contributed by atoms with Crippen LogP contribution in [-0.4, -0.2) is 57.6 Å². The molecule has 1 rings (SSSR count). The lowest BCUT2D eigenvalue weighted by Gasteiger charge is -2.39. The Bertz CT molecular complexity index is 234. The fourth-order valence-electron chi connectivity index (χ4n) is 1.60. The minimum atomic E-state index is -1.29. The Morgan fingerprint density at radius 1 is 1.13 bits per heavy atom. The van der Waals surface area contributed by atoms with Crippen molar-refractivity contribution in [3.05, 3.63) is 11.6 Å². The molecule has 1 heterocycles. The molecule has 0 aromatic carbocycles. The summed E-state index contributed by atoms with van der Waals surface area (Å²) in [5, 5.41) is 37.5. The van der Waals surface area contributed by atoms with E-state index in [0.29, 0.717) is 0 Å². The first-order chi connectivity index (χ1) is 6.97. The Balaban J connectivity index is 2.78. The quantitative estimate of drug-likeness (QED) is 0.437. The lowest BCUT2D eigenvalue weighted by Crippen LogP contribution is -2.57. The Morgan fingerprint density at radius 3 is 2.20 bits per heavy atom. The van der Waals surface area contributed by atoms with E-state index in [1.54, 1.807) is 6.08 Å². The number of aliphatic hydroxyl groups is 4. The van der Waals surface area contributed by atoms with Crippen LogP contribution in [0.25, 0.3) is 0 Å². The van der Waals surface area contributed by atoms with Gasteiger partial charge in [-0.2, -0.15) is 0 Å². The van der Waals surface area contributed by atoms with Gasteiger partial charge in [0.05, 0.1) is 6.61 Å². The maximum absolute atomic E-state index is 9.61. The van der Waals surface area contributed by atoms with Crippen LogP contribution >= 0.6 is 0 Å². The molecular formula is C10H18O5. The van der Waals surface area contributed by atoms with Crippen molar-refractivity contribution in [3.63, 3.8) is 0 Å². The molecule has 0 bridgehead atoms. The largest absolute Gasteiger partial charge is 0.394 e. The van der Waals surface area contributed by atoms with Gasteiger partial charge in [-0.25, -0.2) is 0 Å². The van der Waals surface area contributed by atoms with Crippen LogP contribution < -0.4 is 0 Å². The van der Waals surface area contributed by atoms with E-state index in [9.17, 15) is 15.3 Å². The minimum absolute atomic E-state index is 0.391. The zero-order valence-corrected chi connectivity index (χ0v) is 8.87. The van der Waals surface area contributed by atoms with Crippen molar-refractivity contribution < 1.29 is 25.2 Å². The lowest BCUT2D eigenvalue weighted by molar-refractivity contribution is -0.216. The van der Waals surface area contributed by atoms with E-state index in [2.05, 4.69) is 0 Å². The molecule has 0 radical (unpaired) electrons. The number of ether oxygens (including phenoxy) is 1. The molecule has 15 heavy (non-hydrogen) atoms. The zero-order valence-electron chi connectivity index (χ0n) is 8.87. The van der Waals surface area contributed by atoms with Gasteiger partial charge < -0.3 is 25.2 Å². The number of hydrogen-bond donors (Lipinski definition) is 4. The second-order valence-electron chi connectivity index (χ2n) is 4.04. The van der Waals surface area contributed by atoms with Gasteiger partial charge in [0, 0.05) is 0 Å². The normalized spacial score (nSPS) is 41.3. The standard InChI is InChI=1S/C10H18O5/c1-5(2)3-6-8(12)10(14)9(13)7(4-11)15-6/h3,6-14H,4H2,1-2H3. The van der Waals surface area contributed by atoms with Gasteiger partial charge >= 0.3 is 0 Å². The molecule has 4 N–H and O–H groups in total. The average Bonchev–Trinajstić information content (AvgIpc) is 2.18. The van der Waals surface area contributed by atoms with Crippen LogP contribution in [0.3, 0.4) is 0 Å². The highest BCUT2D eigenvalue weighted by molar-refractivity contribution is 5.06. The molecule has 1 fully saturated rings. The van der Waals surface area contributed by atoms with Crippen molar-refractivity contribution in [3.8, 4) is 0 Å². The third-order valence-electron chi connectivity index (χ3n) is 2.43. The SMILES string of the molecule is CC(C)=CC1OC(CO)C(O)C(O)C1O. The predicted octanol–water partition coefficient (Wildman–Crippen LogP) is -1.21. The summed E-state index contributed by atoms with van der Waals surface area (Å²) in [6.07, 6.45) is -3.61. The maximum atomic E-state index is 9.61. The summed E-state index contributed by atoms with van der Waals surface area (Å²) in [4.78, 5) is 0. The van der Waals surface area contributed by atoms with E-state index in [4.69, 9.17) is 9.84 Å². The van der Waals surface area contributed by atoms with Crippen molar-refractivity contribution in [2.45, 2.75) is 44.4 Å². The second kappa shape index (κ2) is 5.05. The van der Waals surface area contributed by atoms with Crippen LogP contribution in [-0.2, 0) is 4.74 Å². The van der Waals surface area contributed by atoms with Gasteiger partial charge in [0.2, 0.25) is 0 Å². The molecule has 0 saturated carbocycles. The summed E-state index contributed by atoms with van der Waals surface area (Å²) in [7, 11) is 0. The molecule has 1 aliphatic heterocycles. The average molecular weight is 218 g/mol. The molecule has 88 valence electrons. The molecule has 0 aromatic heterocycles. The van der Waals surface area contributed by atoms with E-state index < -0.39 is 37.1 Å². The molecule has 0 aromatic rings. The van der Waals surface area contributed by atoms with E-state index in [1.165, 1.54) is 0 Å². The van der Waals surface area contributed by atoms with Crippen molar-refractivity contribution in [2.75, 3.05) is 6.61 Å². The second-order valence-corrected chi connectivity index (χ2v) is 4.04. The van der Waals surface area contributed by atoms with Crippen molar-refractivity contribution in [1.82, 2.24) is 0 Å². The van der Waals surface area contributed by atoms with Crippen molar-refractivity contribution in [1.29, 1.82) is 0 Å². The number of allylic oxidation sites excluding steroid dienone is 1. The number of rotatable bonds is 2. The summed E-state index contributed by atoms with van der Waals surface area (Å²) in [5.74, 6) is 0. The summed E-state index contributed by atoms with van der Waals surface area (Å²) in [5.41, 5.74) is 0.930. The monoisotopic (exact) mass is 218 g/mol. The smallest absolute Gasteiger partial charge is 0.112 e. The Labute approximate surface area is 88.6 Å². The third-order valence-corrected chi connectivity index (χ3v) is 2.43. The van der Waals surface area contributed by atoms with Crippen LogP contribution in [0.2, 0.25) is 0 Å². The van der Waals surface area contributed by atoms with Crippen LogP contribution in [0.15, 0.2) is 11.6 Å². The molecular weight excluding hydrogens is 200 g/mol. The highest BCUT2D eigenvalue weighted by Gasteiger charge is 2.42. The van der Waals surface area contributed by atoms with Crippen molar-refractivity contribution >= 4 is 0 Å². The van der Waals surface area contributed by atoms with Crippen LogP contribution in [0.1, 0.15) is 13.8 Å². The maximum Gasteiger partial charge on any atom is 0.112 e. The van der Waals surface area contributed by atoms with Gasteiger partial charge in [0.25, 0.3) is 0 Å². The highest BCUT2D eigenvalue weighted by Crippen LogP contribution is 2.22. The fraction of sp³-hybridized carbons (Fsp3) is 0.800. The molecule has 1 saturated heterocycles. The van der Waals surface area contributed by atoms with Crippen molar-refractivity contribution in [2.24, 2.45) is 0 Å². The van der Waals surface area contributed by atoms with Crippen LogP contribution in [0, 0.1) is 0 Å². The van der Waals surface area contributed by atoms with E-state index in [-0.39, 0.29) is 0 Å². The van der Waals surface area contributed by atoms with Gasteiger partial charge in [0.15, 0.2) is 0 Å². The number of aliphatic hydroxyl groups excluding tert-OH is 4. The molecule has 1 aliphatic rings. The summed E-state index contributed by atoms with van der Waals surface area (Å²) in [6, 6.07) is 0.